The van der Waals surface area contributed by atoms with Crippen molar-refractivity contribution in [1.82, 2.24) is 9.62 Å². The van der Waals surface area contributed by atoms with Crippen LogP contribution in [-0.2, 0) is 16.6 Å². The van der Waals surface area contributed by atoms with Gasteiger partial charge in [-0.1, -0.05) is 13.8 Å². The Morgan fingerprint density at radius 1 is 1.18 bits per heavy atom. The minimum Gasteiger partial charge on any atom is -0.493 e. The average Bonchev–Trinajstić information content (AvgIpc) is 3.19. The van der Waals surface area contributed by atoms with Crippen molar-refractivity contribution in [1.29, 1.82) is 0 Å². The summed E-state index contributed by atoms with van der Waals surface area (Å²) in [7, 11) is -3.50. The summed E-state index contributed by atoms with van der Waals surface area (Å²) >= 11 is 0. The van der Waals surface area contributed by atoms with Crippen molar-refractivity contribution in [2.24, 2.45) is 11.8 Å². The van der Waals surface area contributed by atoms with E-state index in [1.165, 1.54) is 0 Å². The van der Waals surface area contributed by atoms with Crippen molar-refractivity contribution in [3.63, 3.8) is 0 Å². The van der Waals surface area contributed by atoms with E-state index in [-0.39, 0.29) is 4.90 Å². The smallest absolute Gasteiger partial charge is 0.240 e. The van der Waals surface area contributed by atoms with Gasteiger partial charge in [0.2, 0.25) is 10.0 Å². The number of nitrogens with one attached hydrogen (secondary N) is 1. The number of hydrogen-bond donors (Lipinski definition) is 1. The van der Waals surface area contributed by atoms with E-state index in [4.69, 9.17) is 9.15 Å². The second-order valence-electron chi connectivity index (χ2n) is 7.83. The van der Waals surface area contributed by atoms with Gasteiger partial charge in [-0.3, -0.25) is 4.90 Å². The molecule has 1 fully saturated rings. The van der Waals surface area contributed by atoms with Crippen LogP contribution in [0.15, 0.2) is 52.0 Å². The molecule has 0 radical (unpaired) electrons. The molecular weight excluding hydrogens is 376 g/mol. The van der Waals surface area contributed by atoms with Crippen LogP contribution in [0, 0.1) is 11.8 Å². The molecule has 154 valence electrons. The zero-order valence-electron chi connectivity index (χ0n) is 16.6. The molecular formula is C21H30N2O4S. The Hall–Kier alpha value is -1.83. The van der Waals surface area contributed by atoms with Crippen molar-refractivity contribution < 1.29 is 17.6 Å². The Morgan fingerprint density at radius 2 is 1.89 bits per heavy atom. The monoisotopic (exact) mass is 406 g/mol. The molecule has 1 aromatic carbocycles. The van der Waals surface area contributed by atoms with Crippen LogP contribution in [0.2, 0.25) is 0 Å². The summed E-state index contributed by atoms with van der Waals surface area (Å²) in [6, 6.07) is 10.5. The van der Waals surface area contributed by atoms with Gasteiger partial charge in [-0.15, -0.1) is 0 Å². The van der Waals surface area contributed by atoms with Crippen LogP contribution in [0.3, 0.4) is 0 Å². The highest BCUT2D eigenvalue weighted by Gasteiger charge is 2.22. The van der Waals surface area contributed by atoms with Crippen molar-refractivity contribution in [3.05, 3.63) is 48.4 Å². The van der Waals surface area contributed by atoms with Crippen LogP contribution in [-0.4, -0.2) is 39.6 Å². The molecule has 2 heterocycles. The summed E-state index contributed by atoms with van der Waals surface area (Å²) in [4.78, 5) is 2.62. The van der Waals surface area contributed by atoms with Gasteiger partial charge in [0, 0.05) is 6.54 Å². The second kappa shape index (κ2) is 9.58. The van der Waals surface area contributed by atoms with Crippen molar-refractivity contribution >= 4 is 10.0 Å². The predicted octanol–water partition coefficient (Wildman–Crippen LogP) is 3.50. The standard InChI is InChI=1S/C21H30N2O4S/c1-17(2)16-27-19-5-7-21(8-6-19)28(24,25)22-14-18-9-11-23(12-10-18)15-20-4-3-13-26-20/h3-8,13,17-18,22H,9-12,14-16H2,1-2H3. The maximum Gasteiger partial charge on any atom is 0.240 e. The molecule has 3 rings (SSSR count). The highest BCUT2D eigenvalue weighted by molar-refractivity contribution is 7.89. The lowest BCUT2D eigenvalue weighted by atomic mass is 9.97. The number of hydrogen-bond acceptors (Lipinski definition) is 5. The van der Waals surface area contributed by atoms with Gasteiger partial charge in [0.05, 0.1) is 24.3 Å². The van der Waals surface area contributed by atoms with Crippen LogP contribution in [0.4, 0.5) is 0 Å². The minimum atomic E-state index is -3.50. The predicted molar refractivity (Wildman–Crippen MR) is 109 cm³/mol. The molecule has 0 atom stereocenters. The molecule has 0 saturated carbocycles. The van der Waals surface area contributed by atoms with E-state index in [0.717, 1.165) is 38.2 Å². The van der Waals surface area contributed by atoms with E-state index < -0.39 is 10.0 Å². The zero-order chi connectivity index (χ0) is 20.0. The molecule has 6 nitrogen and oxygen atoms in total. The van der Waals surface area contributed by atoms with Crippen LogP contribution in [0.1, 0.15) is 32.4 Å². The lowest BCUT2D eigenvalue weighted by Crippen LogP contribution is -2.38. The third-order valence-corrected chi connectivity index (χ3v) is 6.39. The number of sulfonamides is 1. The summed E-state index contributed by atoms with van der Waals surface area (Å²) in [5.74, 6) is 2.45. The molecule has 1 saturated heterocycles. The van der Waals surface area contributed by atoms with Crippen LogP contribution < -0.4 is 9.46 Å². The maximum atomic E-state index is 12.6. The number of furan rings is 1. The summed E-state index contributed by atoms with van der Waals surface area (Å²) in [5, 5.41) is 0. The van der Waals surface area contributed by atoms with Gasteiger partial charge in [-0.25, -0.2) is 13.1 Å². The summed E-state index contributed by atoms with van der Waals surface area (Å²) in [5.41, 5.74) is 0. The molecule has 1 aliphatic heterocycles. The van der Waals surface area contributed by atoms with Gasteiger partial charge >= 0.3 is 0 Å². The van der Waals surface area contributed by atoms with Gasteiger partial charge < -0.3 is 9.15 Å². The third-order valence-electron chi connectivity index (χ3n) is 4.95. The van der Waals surface area contributed by atoms with Crippen LogP contribution in [0.25, 0.3) is 0 Å². The highest BCUT2D eigenvalue weighted by atomic mass is 32.2. The van der Waals surface area contributed by atoms with Gasteiger partial charge in [-0.05, 0) is 74.2 Å². The van der Waals surface area contributed by atoms with Crippen LogP contribution in [0.5, 0.6) is 5.75 Å². The quantitative estimate of drug-likeness (QED) is 0.690. The fourth-order valence-electron chi connectivity index (χ4n) is 3.26. The molecule has 2 aromatic rings. The van der Waals surface area contributed by atoms with E-state index in [9.17, 15) is 8.42 Å². The summed E-state index contributed by atoms with van der Waals surface area (Å²) in [6.07, 6.45) is 3.65. The molecule has 1 N–H and O–H groups in total. The topological polar surface area (TPSA) is 71.8 Å². The number of likely N-dealkylation sites (tertiary alicyclic amines) is 1. The van der Waals surface area contributed by atoms with E-state index >= 15 is 0 Å². The van der Waals surface area contributed by atoms with Gasteiger partial charge in [-0.2, -0.15) is 0 Å². The van der Waals surface area contributed by atoms with Crippen molar-refractivity contribution in [2.75, 3.05) is 26.2 Å². The van der Waals surface area contributed by atoms with Gasteiger partial charge in [0.1, 0.15) is 11.5 Å². The minimum absolute atomic E-state index is 0.277. The molecule has 1 aromatic heterocycles. The number of rotatable bonds is 9. The Labute approximate surface area is 167 Å². The number of ether oxygens (including phenoxy) is 1. The summed E-state index contributed by atoms with van der Waals surface area (Å²) < 4.78 is 38.9. The van der Waals surface area contributed by atoms with Gasteiger partial charge in [0.15, 0.2) is 0 Å². The van der Waals surface area contributed by atoms with E-state index in [1.54, 1.807) is 30.5 Å². The molecule has 0 unspecified atom stereocenters. The van der Waals surface area contributed by atoms with Crippen LogP contribution >= 0.6 is 0 Å². The summed E-state index contributed by atoms with van der Waals surface area (Å²) in [6.45, 7) is 7.96. The Bertz CT molecular complexity index is 809. The molecule has 0 spiro atoms. The molecule has 1 aliphatic rings. The first kappa shape index (κ1) is 20.9. The van der Waals surface area contributed by atoms with Crippen molar-refractivity contribution in [3.8, 4) is 5.75 Å². The first-order valence-electron chi connectivity index (χ1n) is 9.89. The fourth-order valence-corrected chi connectivity index (χ4v) is 4.38. The Kier molecular flexibility index (Phi) is 7.15. The maximum absolute atomic E-state index is 12.6. The Morgan fingerprint density at radius 3 is 2.50 bits per heavy atom. The Balaban J connectivity index is 1.44. The lowest BCUT2D eigenvalue weighted by molar-refractivity contribution is 0.168. The molecule has 0 bridgehead atoms. The van der Waals surface area contributed by atoms with E-state index in [0.29, 0.717) is 30.7 Å². The number of piperidine rings is 1. The van der Waals surface area contributed by atoms with E-state index in [2.05, 4.69) is 23.5 Å². The van der Waals surface area contributed by atoms with Crippen molar-refractivity contribution in [2.45, 2.75) is 38.1 Å². The van der Waals surface area contributed by atoms with E-state index in [1.807, 2.05) is 12.1 Å². The number of benzene rings is 1. The second-order valence-corrected chi connectivity index (χ2v) is 9.59. The van der Waals surface area contributed by atoms with Gasteiger partial charge in [0.25, 0.3) is 0 Å². The fraction of sp³-hybridized carbons (Fsp3) is 0.524. The first-order chi connectivity index (χ1) is 13.4. The average molecular weight is 407 g/mol. The molecule has 28 heavy (non-hydrogen) atoms. The largest absolute Gasteiger partial charge is 0.493 e. The molecule has 0 aliphatic carbocycles. The zero-order valence-corrected chi connectivity index (χ0v) is 17.5. The highest BCUT2D eigenvalue weighted by Crippen LogP contribution is 2.20. The number of nitrogens with zero attached hydrogens (tertiary/aromatic N) is 1. The molecule has 7 heteroatoms. The normalized spacial score (nSPS) is 16.5. The third kappa shape index (κ3) is 6.09. The first-order valence-corrected chi connectivity index (χ1v) is 11.4. The molecule has 0 amide bonds. The SMILES string of the molecule is CC(C)COc1ccc(S(=O)(=O)NCC2CCN(Cc3ccco3)CC2)cc1. The lowest BCUT2D eigenvalue weighted by Gasteiger charge is -2.31.